The van der Waals surface area contributed by atoms with E-state index in [9.17, 15) is 13.2 Å². The van der Waals surface area contributed by atoms with Crippen LogP contribution >= 0.6 is 0 Å². The minimum absolute atomic E-state index is 0.0960. The molecule has 1 unspecified atom stereocenters. The van der Waals surface area contributed by atoms with Crippen LogP contribution in [0.15, 0.2) is 59.5 Å². The van der Waals surface area contributed by atoms with Crippen molar-refractivity contribution in [2.45, 2.75) is 54.8 Å². The molecular weight excluding hydrogens is 376 g/mol. The Labute approximate surface area is 166 Å². The van der Waals surface area contributed by atoms with E-state index in [1.54, 1.807) is 36.4 Å². The Hall–Kier alpha value is -2.34. The Kier molecular flexibility index (Phi) is 6.73. The van der Waals surface area contributed by atoms with Crippen LogP contribution in [0.3, 0.4) is 0 Å². The number of benzene rings is 2. The van der Waals surface area contributed by atoms with E-state index in [4.69, 9.17) is 9.47 Å². The minimum atomic E-state index is -3.77. The molecule has 0 radical (unpaired) electrons. The van der Waals surface area contributed by atoms with E-state index in [1.807, 2.05) is 6.07 Å². The highest BCUT2D eigenvalue weighted by Crippen LogP contribution is 2.33. The molecule has 0 N–H and O–H groups in total. The van der Waals surface area contributed by atoms with Crippen molar-refractivity contribution in [1.29, 1.82) is 0 Å². The molecule has 0 spiro atoms. The molecule has 1 fully saturated rings. The third-order valence-electron chi connectivity index (χ3n) is 5.14. The first-order valence-corrected chi connectivity index (χ1v) is 11.2. The second-order valence-corrected chi connectivity index (χ2v) is 9.20. The summed E-state index contributed by atoms with van der Waals surface area (Å²) in [6.07, 6.45) is 4.66. The molecule has 0 aliphatic heterocycles. The second-order valence-electron chi connectivity index (χ2n) is 7.07. The summed E-state index contributed by atoms with van der Waals surface area (Å²) in [5, 5.41) is -0.988. The molecule has 2 aromatic rings. The van der Waals surface area contributed by atoms with E-state index in [-0.39, 0.29) is 17.4 Å². The predicted molar refractivity (Wildman–Crippen MR) is 107 cm³/mol. The highest BCUT2D eigenvalue weighted by atomic mass is 32.2. The first kappa shape index (κ1) is 20.4. The van der Waals surface area contributed by atoms with Gasteiger partial charge in [-0.2, -0.15) is 0 Å². The maximum absolute atomic E-state index is 13.3. The normalized spacial score (nSPS) is 16.3. The molecule has 1 aliphatic rings. The standard InChI is InChI=1S/C22H26O5S/c1-26-18-12-14-20(15-13-18)28(24,25)21(17-8-4-2-5-9-17)16-22(23)27-19-10-6-3-7-11-19/h2,4-5,8-9,12-15,19,21H,3,6-7,10-11,16H2,1H3. The Morgan fingerprint density at radius 2 is 1.64 bits per heavy atom. The number of carbonyl (C=O) groups excluding carboxylic acids is 1. The number of methoxy groups -OCH3 is 1. The summed E-state index contributed by atoms with van der Waals surface area (Å²) in [5.74, 6) is 0.116. The van der Waals surface area contributed by atoms with Gasteiger partial charge in [0, 0.05) is 0 Å². The SMILES string of the molecule is COc1ccc(S(=O)(=O)C(CC(=O)OC2CCCCC2)c2ccccc2)cc1. The van der Waals surface area contributed by atoms with Gasteiger partial charge in [-0.1, -0.05) is 36.8 Å². The van der Waals surface area contributed by atoms with Crippen molar-refractivity contribution in [3.63, 3.8) is 0 Å². The van der Waals surface area contributed by atoms with Crippen LogP contribution in [-0.2, 0) is 19.4 Å². The monoisotopic (exact) mass is 402 g/mol. The smallest absolute Gasteiger partial charge is 0.307 e. The highest BCUT2D eigenvalue weighted by Gasteiger charge is 2.32. The number of ether oxygens (including phenoxy) is 2. The van der Waals surface area contributed by atoms with Crippen LogP contribution in [0, 0.1) is 0 Å². The lowest BCUT2D eigenvalue weighted by Gasteiger charge is -2.23. The van der Waals surface area contributed by atoms with Gasteiger partial charge in [-0.25, -0.2) is 8.42 Å². The summed E-state index contributed by atoms with van der Waals surface area (Å²) in [7, 11) is -2.25. The molecule has 0 aromatic heterocycles. The zero-order chi connectivity index (χ0) is 20.0. The molecule has 0 bridgehead atoms. The molecule has 150 valence electrons. The summed E-state index contributed by atoms with van der Waals surface area (Å²) in [6.45, 7) is 0. The van der Waals surface area contributed by atoms with Gasteiger partial charge in [0.2, 0.25) is 0 Å². The van der Waals surface area contributed by atoms with Crippen LogP contribution in [0.25, 0.3) is 0 Å². The van der Waals surface area contributed by atoms with E-state index < -0.39 is 21.1 Å². The Morgan fingerprint density at radius 3 is 2.25 bits per heavy atom. The van der Waals surface area contributed by atoms with E-state index in [2.05, 4.69) is 0 Å². The zero-order valence-electron chi connectivity index (χ0n) is 16.0. The van der Waals surface area contributed by atoms with Gasteiger partial charge in [-0.3, -0.25) is 4.79 Å². The first-order valence-electron chi connectivity index (χ1n) is 9.63. The summed E-state index contributed by atoms with van der Waals surface area (Å²) in [6, 6.07) is 15.1. The summed E-state index contributed by atoms with van der Waals surface area (Å²) in [5.41, 5.74) is 0.582. The van der Waals surface area contributed by atoms with E-state index in [0.717, 1.165) is 32.1 Å². The van der Waals surface area contributed by atoms with Gasteiger partial charge in [-0.05, 0) is 55.5 Å². The molecule has 1 aliphatic carbocycles. The summed E-state index contributed by atoms with van der Waals surface area (Å²) >= 11 is 0. The third-order valence-corrected chi connectivity index (χ3v) is 7.25. The number of hydrogen-bond acceptors (Lipinski definition) is 5. The summed E-state index contributed by atoms with van der Waals surface area (Å²) < 4.78 is 37.3. The molecule has 6 heteroatoms. The van der Waals surface area contributed by atoms with Crippen molar-refractivity contribution >= 4 is 15.8 Å². The fourth-order valence-corrected chi connectivity index (χ4v) is 5.29. The van der Waals surface area contributed by atoms with Crippen LogP contribution in [0.2, 0.25) is 0 Å². The van der Waals surface area contributed by atoms with Crippen molar-refractivity contribution in [3.05, 3.63) is 60.2 Å². The van der Waals surface area contributed by atoms with Crippen LogP contribution < -0.4 is 4.74 Å². The maximum atomic E-state index is 13.3. The molecule has 5 nitrogen and oxygen atoms in total. The third kappa shape index (κ3) is 4.93. The maximum Gasteiger partial charge on any atom is 0.307 e. The van der Waals surface area contributed by atoms with Crippen molar-refractivity contribution in [2.24, 2.45) is 0 Å². The predicted octanol–water partition coefficient (Wildman–Crippen LogP) is 4.48. The van der Waals surface area contributed by atoms with Crippen LogP contribution in [0.4, 0.5) is 0 Å². The first-order chi connectivity index (χ1) is 13.5. The van der Waals surface area contributed by atoms with E-state index >= 15 is 0 Å². The number of carbonyl (C=O) groups is 1. The Morgan fingerprint density at radius 1 is 1.00 bits per heavy atom. The zero-order valence-corrected chi connectivity index (χ0v) is 16.9. The fraction of sp³-hybridized carbons (Fsp3) is 0.409. The van der Waals surface area contributed by atoms with Gasteiger partial charge in [0.15, 0.2) is 9.84 Å². The molecule has 0 amide bonds. The van der Waals surface area contributed by atoms with Crippen molar-refractivity contribution in [2.75, 3.05) is 7.11 Å². The molecule has 0 heterocycles. The molecule has 1 atom stereocenters. The second kappa shape index (κ2) is 9.24. The Bertz CT molecular complexity index is 869. The highest BCUT2D eigenvalue weighted by molar-refractivity contribution is 7.91. The molecule has 1 saturated carbocycles. The average Bonchev–Trinajstić information content (AvgIpc) is 2.73. The quantitative estimate of drug-likeness (QED) is 0.639. The lowest BCUT2D eigenvalue weighted by atomic mass is 9.98. The largest absolute Gasteiger partial charge is 0.497 e. The van der Waals surface area contributed by atoms with E-state index in [0.29, 0.717) is 11.3 Å². The topological polar surface area (TPSA) is 69.7 Å². The molecule has 2 aromatic carbocycles. The number of rotatable bonds is 7. The van der Waals surface area contributed by atoms with Crippen LogP contribution in [0.1, 0.15) is 49.3 Å². The fourth-order valence-electron chi connectivity index (χ4n) is 3.57. The van der Waals surface area contributed by atoms with Gasteiger partial charge in [0.05, 0.1) is 18.4 Å². The number of hydrogen-bond donors (Lipinski definition) is 0. The Balaban J connectivity index is 1.84. The van der Waals surface area contributed by atoms with Gasteiger partial charge in [0.1, 0.15) is 17.1 Å². The minimum Gasteiger partial charge on any atom is -0.497 e. The average molecular weight is 403 g/mol. The van der Waals surface area contributed by atoms with Gasteiger partial charge in [-0.15, -0.1) is 0 Å². The van der Waals surface area contributed by atoms with E-state index in [1.165, 1.54) is 19.2 Å². The van der Waals surface area contributed by atoms with Crippen LogP contribution in [-0.4, -0.2) is 27.6 Å². The molecule has 28 heavy (non-hydrogen) atoms. The van der Waals surface area contributed by atoms with Gasteiger partial charge < -0.3 is 9.47 Å². The lowest BCUT2D eigenvalue weighted by Crippen LogP contribution is -2.24. The van der Waals surface area contributed by atoms with Crippen molar-refractivity contribution in [3.8, 4) is 5.75 Å². The summed E-state index contributed by atoms with van der Waals surface area (Å²) in [4.78, 5) is 12.7. The van der Waals surface area contributed by atoms with Gasteiger partial charge >= 0.3 is 5.97 Å². The molecule has 3 rings (SSSR count). The van der Waals surface area contributed by atoms with Gasteiger partial charge in [0.25, 0.3) is 0 Å². The number of sulfone groups is 1. The van der Waals surface area contributed by atoms with Crippen molar-refractivity contribution in [1.82, 2.24) is 0 Å². The number of esters is 1. The van der Waals surface area contributed by atoms with Crippen molar-refractivity contribution < 1.29 is 22.7 Å². The van der Waals surface area contributed by atoms with Crippen LogP contribution in [0.5, 0.6) is 5.75 Å². The molecular formula is C22H26O5S. The molecule has 0 saturated heterocycles. The lowest BCUT2D eigenvalue weighted by molar-refractivity contribution is -0.150.